The third kappa shape index (κ3) is 3.48. The zero-order chi connectivity index (χ0) is 16.2. The van der Waals surface area contributed by atoms with Crippen molar-refractivity contribution in [2.45, 2.75) is 0 Å². The van der Waals surface area contributed by atoms with Crippen molar-refractivity contribution in [3.05, 3.63) is 74.6 Å². The van der Waals surface area contributed by atoms with Crippen LogP contribution in [0.25, 0.3) is 11.3 Å². The molecule has 0 N–H and O–H groups in total. The van der Waals surface area contributed by atoms with E-state index in [0.717, 1.165) is 20.5 Å². The zero-order valence-electron chi connectivity index (χ0n) is 12.3. The maximum atomic E-state index is 13.7. The highest BCUT2D eigenvalue weighted by atomic mass is 79.9. The predicted octanol–water partition coefficient (Wildman–Crippen LogP) is 4.53. The van der Waals surface area contributed by atoms with Crippen LogP contribution in [0.2, 0.25) is 0 Å². The summed E-state index contributed by atoms with van der Waals surface area (Å²) >= 11 is 4.97. The Bertz CT molecular complexity index is 927. The molecule has 6 heteroatoms. The predicted molar refractivity (Wildman–Crippen MR) is 96.3 cm³/mol. The highest BCUT2D eigenvalue weighted by Gasteiger charge is 2.07. The lowest BCUT2D eigenvalue weighted by Gasteiger charge is -2.04. The number of rotatable bonds is 3. The third-order valence-electron chi connectivity index (χ3n) is 3.21. The second kappa shape index (κ2) is 7.02. The second-order valence-corrected chi connectivity index (χ2v) is 6.47. The van der Waals surface area contributed by atoms with Crippen LogP contribution in [0.15, 0.2) is 68.5 Å². The van der Waals surface area contributed by atoms with Crippen LogP contribution in [0, 0.1) is 5.82 Å². The van der Waals surface area contributed by atoms with E-state index in [0.29, 0.717) is 5.56 Å². The van der Waals surface area contributed by atoms with E-state index in [1.807, 2.05) is 29.6 Å². The molecule has 0 unspecified atom stereocenters. The summed E-state index contributed by atoms with van der Waals surface area (Å²) in [6.07, 6.45) is 1.51. The van der Waals surface area contributed by atoms with Crippen molar-refractivity contribution in [1.82, 2.24) is 4.68 Å². The summed E-state index contributed by atoms with van der Waals surface area (Å²) in [6.45, 7) is 0. The van der Waals surface area contributed by atoms with E-state index in [4.69, 9.17) is 0 Å². The first kappa shape index (κ1) is 15.8. The van der Waals surface area contributed by atoms with E-state index in [-0.39, 0.29) is 5.82 Å². The Morgan fingerprint density at radius 2 is 2.00 bits per heavy atom. The molecule has 0 fully saturated rings. The fraction of sp³-hybridized carbons (Fsp3) is 0.0588. The normalized spacial score (nSPS) is 12.2. The van der Waals surface area contributed by atoms with Crippen LogP contribution in [0.3, 0.4) is 0 Å². The molecular weight excluding hydrogens is 377 g/mol. The van der Waals surface area contributed by atoms with Gasteiger partial charge >= 0.3 is 0 Å². The summed E-state index contributed by atoms with van der Waals surface area (Å²) in [5.74, 6) is -0.300. The van der Waals surface area contributed by atoms with Gasteiger partial charge in [0.05, 0.1) is 11.9 Å². The summed E-state index contributed by atoms with van der Waals surface area (Å²) in [7, 11) is 1.71. The van der Waals surface area contributed by atoms with Gasteiger partial charge in [0.2, 0.25) is 4.80 Å². The number of hydrogen-bond donors (Lipinski definition) is 0. The average Bonchev–Trinajstić information content (AvgIpc) is 2.97. The number of nitrogens with zero attached hydrogens (tertiary/aromatic N) is 3. The van der Waals surface area contributed by atoms with E-state index in [9.17, 15) is 4.39 Å². The molecule has 0 amide bonds. The zero-order valence-corrected chi connectivity index (χ0v) is 14.7. The second-order valence-electron chi connectivity index (χ2n) is 4.72. The summed E-state index contributed by atoms with van der Waals surface area (Å²) in [5.41, 5.74) is 2.36. The number of hydrogen-bond acceptors (Lipinski definition) is 3. The lowest BCUT2D eigenvalue weighted by molar-refractivity contribution is 0.625. The minimum absolute atomic E-state index is 0.300. The van der Waals surface area contributed by atoms with Gasteiger partial charge in [0.1, 0.15) is 5.82 Å². The molecule has 0 saturated carbocycles. The number of thiazole rings is 1. The molecule has 3 aromatic rings. The molecule has 0 bridgehead atoms. The van der Waals surface area contributed by atoms with Crippen molar-refractivity contribution < 1.29 is 4.39 Å². The van der Waals surface area contributed by atoms with Gasteiger partial charge in [-0.25, -0.2) is 9.07 Å². The Balaban J connectivity index is 2.09. The van der Waals surface area contributed by atoms with Crippen molar-refractivity contribution in [1.29, 1.82) is 0 Å². The van der Waals surface area contributed by atoms with Crippen molar-refractivity contribution in [3.63, 3.8) is 0 Å². The summed E-state index contributed by atoms with van der Waals surface area (Å²) in [4.78, 5) is 4.98. The topological polar surface area (TPSA) is 29.6 Å². The van der Waals surface area contributed by atoms with E-state index in [1.54, 1.807) is 29.9 Å². The highest BCUT2D eigenvalue weighted by Crippen LogP contribution is 2.23. The number of aromatic nitrogens is 1. The smallest absolute Gasteiger partial charge is 0.205 e. The maximum Gasteiger partial charge on any atom is 0.205 e. The largest absolute Gasteiger partial charge is 0.261 e. The Morgan fingerprint density at radius 1 is 1.17 bits per heavy atom. The van der Waals surface area contributed by atoms with E-state index in [2.05, 4.69) is 26.0 Å². The van der Waals surface area contributed by atoms with E-state index < -0.39 is 0 Å². The molecule has 0 saturated heterocycles. The van der Waals surface area contributed by atoms with Gasteiger partial charge in [-0.3, -0.25) is 4.99 Å². The van der Waals surface area contributed by atoms with Gasteiger partial charge in [-0.05, 0) is 18.2 Å². The molecule has 0 aliphatic rings. The minimum Gasteiger partial charge on any atom is -0.261 e. The van der Waals surface area contributed by atoms with Gasteiger partial charge in [0.15, 0.2) is 0 Å². The first-order chi connectivity index (χ1) is 11.2. The lowest BCUT2D eigenvalue weighted by Crippen LogP contribution is -2.11. The molecule has 1 heterocycles. The van der Waals surface area contributed by atoms with Gasteiger partial charge in [0.25, 0.3) is 0 Å². The number of halogens is 2. The Kier molecular flexibility index (Phi) is 4.83. The average molecular weight is 390 g/mol. The van der Waals surface area contributed by atoms with Crippen molar-refractivity contribution in [2.75, 3.05) is 7.05 Å². The Hall–Kier alpha value is -2.05. The fourth-order valence-corrected chi connectivity index (χ4v) is 3.31. The molecule has 0 spiro atoms. The first-order valence-corrected chi connectivity index (χ1v) is 8.54. The van der Waals surface area contributed by atoms with Crippen LogP contribution in [0.1, 0.15) is 5.56 Å². The lowest BCUT2D eigenvalue weighted by atomic mass is 10.2. The van der Waals surface area contributed by atoms with Crippen LogP contribution < -0.4 is 4.80 Å². The molecule has 3 rings (SSSR count). The Labute approximate surface area is 145 Å². The molecule has 1 aromatic heterocycles. The van der Waals surface area contributed by atoms with E-state index in [1.165, 1.54) is 23.6 Å². The third-order valence-corrected chi connectivity index (χ3v) is 4.62. The van der Waals surface area contributed by atoms with Crippen molar-refractivity contribution in [3.8, 4) is 11.3 Å². The quantitative estimate of drug-likeness (QED) is 0.589. The van der Waals surface area contributed by atoms with Gasteiger partial charge in [0, 0.05) is 28.0 Å². The van der Waals surface area contributed by atoms with Crippen LogP contribution >= 0.6 is 27.3 Å². The molecule has 0 aliphatic heterocycles. The van der Waals surface area contributed by atoms with Gasteiger partial charge in [-0.1, -0.05) is 46.3 Å². The number of benzene rings is 2. The minimum atomic E-state index is -0.300. The SMILES string of the molecule is CN=c1scc(-c2cccc(Br)c2)n1/N=C\c1ccccc1F. The van der Waals surface area contributed by atoms with Gasteiger partial charge in [-0.2, -0.15) is 5.10 Å². The van der Waals surface area contributed by atoms with Crippen LogP contribution in [0.4, 0.5) is 4.39 Å². The molecule has 116 valence electrons. The van der Waals surface area contributed by atoms with Crippen molar-refractivity contribution >= 4 is 33.5 Å². The molecule has 0 aliphatic carbocycles. The highest BCUT2D eigenvalue weighted by molar-refractivity contribution is 9.10. The Morgan fingerprint density at radius 3 is 2.74 bits per heavy atom. The van der Waals surface area contributed by atoms with Crippen LogP contribution in [0.5, 0.6) is 0 Å². The standard InChI is InChI=1S/C17H13BrFN3S/c1-20-17-22(21-10-13-5-2-3-8-15(13)19)16(11-23-17)12-6-4-7-14(18)9-12/h2-11H,1H3/b20-17?,21-10-. The van der Waals surface area contributed by atoms with Crippen LogP contribution in [-0.2, 0) is 0 Å². The summed E-state index contributed by atoms with van der Waals surface area (Å²) in [6, 6.07) is 14.5. The summed E-state index contributed by atoms with van der Waals surface area (Å²) in [5, 5.41) is 6.42. The molecule has 23 heavy (non-hydrogen) atoms. The van der Waals surface area contributed by atoms with Crippen molar-refractivity contribution in [2.24, 2.45) is 10.1 Å². The molecule has 0 atom stereocenters. The monoisotopic (exact) mass is 389 g/mol. The molecule has 0 radical (unpaired) electrons. The van der Waals surface area contributed by atoms with Gasteiger partial charge < -0.3 is 0 Å². The molecule has 2 aromatic carbocycles. The molecular formula is C17H13BrFN3S. The fourth-order valence-electron chi connectivity index (χ4n) is 2.11. The summed E-state index contributed by atoms with van der Waals surface area (Å²) < 4.78 is 16.5. The van der Waals surface area contributed by atoms with Gasteiger partial charge in [-0.15, -0.1) is 11.3 Å². The van der Waals surface area contributed by atoms with E-state index >= 15 is 0 Å². The first-order valence-electron chi connectivity index (χ1n) is 6.87. The maximum absolute atomic E-state index is 13.7. The molecule has 3 nitrogen and oxygen atoms in total. The van der Waals surface area contributed by atoms with Crippen LogP contribution in [-0.4, -0.2) is 17.9 Å².